The monoisotopic (exact) mass is 334 g/mol. The molecule has 2 aliphatic rings. The van der Waals surface area contributed by atoms with E-state index in [4.69, 9.17) is 4.74 Å². The van der Waals surface area contributed by atoms with Gasteiger partial charge in [0.1, 0.15) is 5.82 Å². The van der Waals surface area contributed by atoms with Crippen molar-refractivity contribution in [1.82, 2.24) is 4.90 Å². The maximum absolute atomic E-state index is 14.0. The Morgan fingerprint density at radius 2 is 2.04 bits per heavy atom. The van der Waals surface area contributed by atoms with Crippen molar-refractivity contribution in [3.8, 4) is 0 Å². The van der Waals surface area contributed by atoms with Crippen molar-refractivity contribution in [2.45, 2.75) is 38.7 Å². The molecule has 2 heterocycles. The van der Waals surface area contributed by atoms with Crippen LogP contribution in [0.3, 0.4) is 0 Å². The molecule has 1 aromatic carbocycles. The largest absolute Gasteiger partial charge is 0.375 e. The first-order valence-corrected chi connectivity index (χ1v) is 9.03. The molecule has 0 spiro atoms. The SMILES string of the molecule is CC(=O)c1c(F)cccc1N1CC[C@H](OCCN2CCCCC2)C1. The lowest BCUT2D eigenvalue weighted by atomic mass is 10.1. The number of Topliss-reactive ketones (excluding diaryl/α,β-unsaturated/α-hetero) is 1. The molecule has 0 bridgehead atoms. The molecule has 1 atom stereocenters. The molecule has 0 saturated carbocycles. The Morgan fingerprint density at radius 3 is 2.79 bits per heavy atom. The van der Waals surface area contributed by atoms with Gasteiger partial charge in [0.15, 0.2) is 5.78 Å². The van der Waals surface area contributed by atoms with Crippen LogP contribution in [0.15, 0.2) is 18.2 Å². The van der Waals surface area contributed by atoms with Crippen molar-refractivity contribution < 1.29 is 13.9 Å². The van der Waals surface area contributed by atoms with Crippen molar-refractivity contribution in [3.05, 3.63) is 29.6 Å². The van der Waals surface area contributed by atoms with Crippen LogP contribution in [0.1, 0.15) is 43.0 Å². The summed E-state index contributed by atoms with van der Waals surface area (Å²) in [7, 11) is 0. The quantitative estimate of drug-likeness (QED) is 0.749. The van der Waals surface area contributed by atoms with Gasteiger partial charge in [-0.1, -0.05) is 12.5 Å². The number of carbonyl (C=O) groups excluding carboxylic acids is 1. The van der Waals surface area contributed by atoms with Crippen LogP contribution in [0.5, 0.6) is 0 Å². The Labute approximate surface area is 143 Å². The molecule has 2 fully saturated rings. The molecule has 0 amide bonds. The number of halogens is 1. The number of hydrogen-bond acceptors (Lipinski definition) is 4. The van der Waals surface area contributed by atoms with Crippen LogP contribution in [-0.4, -0.2) is 56.1 Å². The third kappa shape index (κ3) is 4.14. The number of benzene rings is 1. The van der Waals surface area contributed by atoms with E-state index >= 15 is 0 Å². The maximum Gasteiger partial charge on any atom is 0.164 e. The molecule has 3 rings (SSSR count). The van der Waals surface area contributed by atoms with E-state index in [1.165, 1.54) is 45.3 Å². The molecule has 2 saturated heterocycles. The summed E-state index contributed by atoms with van der Waals surface area (Å²) in [6.45, 7) is 7.07. The van der Waals surface area contributed by atoms with Gasteiger partial charge in [0.05, 0.1) is 24.0 Å². The fourth-order valence-electron chi connectivity index (χ4n) is 3.74. The lowest BCUT2D eigenvalue weighted by Crippen LogP contribution is -2.34. The fourth-order valence-corrected chi connectivity index (χ4v) is 3.74. The van der Waals surface area contributed by atoms with E-state index in [0.717, 1.165) is 32.7 Å². The Balaban J connectivity index is 1.52. The zero-order chi connectivity index (χ0) is 16.9. The fraction of sp³-hybridized carbons (Fsp3) is 0.632. The number of nitrogens with zero attached hydrogens (tertiary/aromatic N) is 2. The minimum atomic E-state index is -0.436. The molecule has 2 aliphatic heterocycles. The van der Waals surface area contributed by atoms with Crippen molar-refractivity contribution in [2.75, 3.05) is 44.2 Å². The second kappa shape index (κ2) is 8.08. The van der Waals surface area contributed by atoms with Gasteiger partial charge in [-0.25, -0.2) is 4.39 Å². The van der Waals surface area contributed by atoms with Gasteiger partial charge in [0.25, 0.3) is 0 Å². The molecule has 0 aromatic heterocycles. The van der Waals surface area contributed by atoms with E-state index in [1.54, 1.807) is 6.07 Å². The zero-order valence-corrected chi connectivity index (χ0v) is 14.5. The first kappa shape index (κ1) is 17.4. The number of ether oxygens (including phenoxy) is 1. The van der Waals surface area contributed by atoms with Crippen molar-refractivity contribution in [3.63, 3.8) is 0 Å². The minimum Gasteiger partial charge on any atom is -0.375 e. The van der Waals surface area contributed by atoms with Crippen LogP contribution < -0.4 is 4.90 Å². The summed E-state index contributed by atoms with van der Waals surface area (Å²) < 4.78 is 20.0. The van der Waals surface area contributed by atoms with Gasteiger partial charge in [0.2, 0.25) is 0 Å². The molecule has 1 aromatic rings. The second-order valence-corrected chi connectivity index (χ2v) is 6.82. The number of likely N-dealkylation sites (tertiary alicyclic amines) is 1. The van der Waals surface area contributed by atoms with E-state index in [1.807, 2.05) is 6.07 Å². The second-order valence-electron chi connectivity index (χ2n) is 6.82. The van der Waals surface area contributed by atoms with Crippen molar-refractivity contribution in [2.24, 2.45) is 0 Å². The number of anilines is 1. The van der Waals surface area contributed by atoms with Gasteiger partial charge in [-0.05, 0) is 51.4 Å². The third-order valence-electron chi connectivity index (χ3n) is 5.04. The maximum atomic E-state index is 14.0. The highest BCUT2D eigenvalue weighted by Crippen LogP contribution is 2.28. The Hall–Kier alpha value is -1.46. The Morgan fingerprint density at radius 1 is 1.25 bits per heavy atom. The molecule has 0 N–H and O–H groups in total. The first-order valence-electron chi connectivity index (χ1n) is 9.03. The molecule has 0 radical (unpaired) electrons. The van der Waals surface area contributed by atoms with Gasteiger partial charge >= 0.3 is 0 Å². The predicted octanol–water partition coefficient (Wildman–Crippen LogP) is 3.11. The Kier molecular flexibility index (Phi) is 5.85. The lowest BCUT2D eigenvalue weighted by Gasteiger charge is -2.27. The minimum absolute atomic E-state index is 0.165. The van der Waals surface area contributed by atoms with Crippen LogP contribution >= 0.6 is 0 Å². The normalized spacial score (nSPS) is 22.1. The van der Waals surface area contributed by atoms with Crippen LogP contribution in [-0.2, 0) is 4.74 Å². The smallest absolute Gasteiger partial charge is 0.164 e. The van der Waals surface area contributed by atoms with Gasteiger partial charge in [0, 0.05) is 19.6 Å². The van der Waals surface area contributed by atoms with E-state index in [-0.39, 0.29) is 17.5 Å². The van der Waals surface area contributed by atoms with Crippen LogP contribution in [0, 0.1) is 5.82 Å². The van der Waals surface area contributed by atoms with Crippen molar-refractivity contribution >= 4 is 11.5 Å². The highest BCUT2D eigenvalue weighted by atomic mass is 19.1. The predicted molar refractivity (Wildman–Crippen MR) is 93.3 cm³/mol. The van der Waals surface area contributed by atoms with Gasteiger partial charge in [-0.3, -0.25) is 4.79 Å². The van der Waals surface area contributed by atoms with Crippen LogP contribution in [0.2, 0.25) is 0 Å². The summed E-state index contributed by atoms with van der Waals surface area (Å²) >= 11 is 0. The highest BCUT2D eigenvalue weighted by Gasteiger charge is 2.27. The van der Waals surface area contributed by atoms with Gasteiger partial charge < -0.3 is 14.5 Å². The first-order chi connectivity index (χ1) is 11.6. The molecule has 4 nitrogen and oxygen atoms in total. The average molecular weight is 334 g/mol. The molecule has 5 heteroatoms. The standard InChI is InChI=1S/C19H27FN2O2/c1-15(23)19-17(20)6-5-7-18(19)22-11-8-16(14-22)24-13-12-21-9-3-2-4-10-21/h5-7,16H,2-4,8-14H2,1H3/t16-/m0/s1. The van der Waals surface area contributed by atoms with Crippen LogP contribution in [0.4, 0.5) is 10.1 Å². The Bertz CT molecular complexity index is 572. The number of rotatable bonds is 6. The number of ketones is 1. The van der Waals surface area contributed by atoms with E-state index in [9.17, 15) is 9.18 Å². The third-order valence-corrected chi connectivity index (χ3v) is 5.04. The van der Waals surface area contributed by atoms with E-state index in [0.29, 0.717) is 5.69 Å². The molecular weight excluding hydrogens is 307 g/mol. The number of hydrogen-bond donors (Lipinski definition) is 0. The van der Waals surface area contributed by atoms with Gasteiger partial charge in [-0.15, -0.1) is 0 Å². The molecule has 0 aliphatic carbocycles. The van der Waals surface area contributed by atoms with E-state index in [2.05, 4.69) is 9.80 Å². The average Bonchev–Trinajstić information content (AvgIpc) is 3.04. The lowest BCUT2D eigenvalue weighted by molar-refractivity contribution is 0.0467. The summed E-state index contributed by atoms with van der Waals surface area (Å²) in [4.78, 5) is 16.3. The summed E-state index contributed by atoms with van der Waals surface area (Å²) in [6.07, 6.45) is 5.03. The molecule has 0 unspecified atom stereocenters. The zero-order valence-electron chi connectivity index (χ0n) is 14.5. The molecular formula is C19H27FN2O2. The molecule has 24 heavy (non-hydrogen) atoms. The molecule has 132 valence electrons. The van der Waals surface area contributed by atoms with Gasteiger partial charge in [-0.2, -0.15) is 0 Å². The summed E-state index contributed by atoms with van der Waals surface area (Å²) in [5, 5.41) is 0. The number of piperidine rings is 1. The number of carbonyl (C=O) groups is 1. The summed E-state index contributed by atoms with van der Waals surface area (Å²) in [5.74, 6) is -0.660. The highest BCUT2D eigenvalue weighted by molar-refractivity contribution is 6.00. The van der Waals surface area contributed by atoms with E-state index < -0.39 is 5.82 Å². The van der Waals surface area contributed by atoms with Crippen LogP contribution in [0.25, 0.3) is 0 Å². The summed E-state index contributed by atoms with van der Waals surface area (Å²) in [5.41, 5.74) is 0.899. The topological polar surface area (TPSA) is 32.8 Å². The summed E-state index contributed by atoms with van der Waals surface area (Å²) in [6, 6.07) is 4.85. The van der Waals surface area contributed by atoms with Crippen molar-refractivity contribution in [1.29, 1.82) is 0 Å².